The van der Waals surface area contributed by atoms with E-state index in [4.69, 9.17) is 0 Å². The van der Waals surface area contributed by atoms with Gasteiger partial charge < -0.3 is 19.9 Å². The third-order valence-corrected chi connectivity index (χ3v) is 9.69. The summed E-state index contributed by atoms with van der Waals surface area (Å²) in [5.41, 5.74) is 8.94. The molecule has 7 nitrogen and oxygen atoms in total. The molecule has 1 aliphatic rings. The lowest BCUT2D eigenvalue weighted by Gasteiger charge is -2.15. The van der Waals surface area contributed by atoms with Crippen LogP contribution in [0.25, 0.3) is 0 Å². The molecular weight excluding hydrogens is 747 g/mol. The fourth-order valence-electron chi connectivity index (χ4n) is 5.23. The van der Waals surface area contributed by atoms with Crippen LogP contribution >= 0.6 is 49.6 Å². The number of nitrogens with zero attached hydrogens (tertiary/aromatic N) is 1. The number of aromatic amines is 3. The van der Waals surface area contributed by atoms with Crippen LogP contribution in [0.4, 0.5) is 0 Å². The van der Waals surface area contributed by atoms with Gasteiger partial charge in [0.05, 0.1) is 22.4 Å². The van der Waals surface area contributed by atoms with E-state index >= 15 is 0 Å². The van der Waals surface area contributed by atoms with Crippen LogP contribution in [-0.4, -0.2) is 57.6 Å². The number of benzene rings is 3. The van der Waals surface area contributed by atoms with Gasteiger partial charge in [-0.05, 0) is 60.4 Å². The number of H-pyrrole nitrogens is 3. The maximum Gasteiger partial charge on any atom is 0.253 e. The molecule has 0 spiro atoms. The molecule has 1 atom stereocenters. The Morgan fingerprint density at radius 3 is 1.70 bits per heavy atom. The number of thiol groups is 3. The Morgan fingerprint density at radius 2 is 1.22 bits per heavy atom. The molecule has 4 N–H and O–H groups in total. The van der Waals surface area contributed by atoms with Crippen LogP contribution in [0.2, 0.25) is 0 Å². The molecule has 6 aromatic rings. The second-order valence-electron chi connectivity index (χ2n) is 12.0. The molecule has 7 rings (SSSR count). The van der Waals surface area contributed by atoms with Crippen molar-refractivity contribution in [2.24, 2.45) is 0 Å². The summed E-state index contributed by atoms with van der Waals surface area (Å²) < 4.78 is 0. The van der Waals surface area contributed by atoms with Crippen molar-refractivity contribution in [3.05, 3.63) is 197 Å². The van der Waals surface area contributed by atoms with Gasteiger partial charge in [0.15, 0.2) is 5.70 Å². The zero-order valence-corrected chi connectivity index (χ0v) is 34.0. The first-order valence-electron chi connectivity index (χ1n) is 17.1. The summed E-state index contributed by atoms with van der Waals surface area (Å²) in [4.78, 5) is 34.8. The van der Waals surface area contributed by atoms with Crippen LogP contribution in [0.15, 0.2) is 150 Å². The van der Waals surface area contributed by atoms with Crippen LogP contribution in [0.1, 0.15) is 60.7 Å². The highest BCUT2D eigenvalue weighted by Crippen LogP contribution is 2.32. The third-order valence-electron chi connectivity index (χ3n) is 7.99. The first-order valence-corrected chi connectivity index (χ1v) is 20.3. The Bertz CT molecular complexity index is 2030. The predicted molar refractivity (Wildman–Crippen MR) is 234 cm³/mol. The molecule has 1 aliphatic heterocycles. The number of allylic oxidation sites excluding steroid dienone is 2. The number of thioether (sulfide) groups is 1. The minimum Gasteiger partial charge on any atom is -0.361 e. The van der Waals surface area contributed by atoms with E-state index in [0.717, 1.165) is 34.2 Å². The van der Waals surface area contributed by atoms with E-state index in [0.29, 0.717) is 17.0 Å². The summed E-state index contributed by atoms with van der Waals surface area (Å²) in [5, 5.41) is 4.07. The largest absolute Gasteiger partial charge is 0.361 e. The highest BCUT2D eigenvalue weighted by Gasteiger charge is 2.20. The third kappa shape index (κ3) is 12.7. The van der Waals surface area contributed by atoms with Crippen molar-refractivity contribution in [3.63, 3.8) is 0 Å². The van der Waals surface area contributed by atoms with Crippen molar-refractivity contribution in [2.75, 3.05) is 26.1 Å². The molecule has 11 heteroatoms. The fourth-order valence-corrected chi connectivity index (χ4v) is 6.21. The number of nitrogens with one attached hydrogen (secondary N) is 4. The lowest BCUT2D eigenvalue weighted by atomic mass is 9.93. The average Bonchev–Trinajstić information content (AvgIpc) is 4.08. The summed E-state index contributed by atoms with van der Waals surface area (Å²) >= 11 is 14.2. The van der Waals surface area contributed by atoms with Gasteiger partial charge in [0.1, 0.15) is 18.4 Å². The summed E-state index contributed by atoms with van der Waals surface area (Å²) in [6, 6.07) is 41.3. The number of amides is 1. The maximum absolute atomic E-state index is 11.9. The molecule has 0 bridgehead atoms. The quantitative estimate of drug-likeness (QED) is 0.0326. The molecule has 0 saturated carbocycles. The van der Waals surface area contributed by atoms with Crippen molar-refractivity contribution >= 4 is 61.3 Å². The van der Waals surface area contributed by atoms with E-state index in [1.807, 2.05) is 78.9 Å². The number of rotatable bonds is 10. The van der Waals surface area contributed by atoms with Crippen LogP contribution < -0.4 is 5.32 Å². The number of ketones is 1. The number of hydrogen-bond acceptors (Lipinski definition) is 7. The number of carbonyl (C=O) groups excluding carboxylic acids is 2. The first kappa shape index (κ1) is 42.0. The average molecular weight is 793 g/mol. The Kier molecular flexibility index (Phi) is 17.4. The van der Waals surface area contributed by atoms with Crippen LogP contribution in [0.3, 0.4) is 0 Å². The molecule has 0 aliphatic carbocycles. The summed E-state index contributed by atoms with van der Waals surface area (Å²) in [5.74, 6) is 2.36. The summed E-state index contributed by atoms with van der Waals surface area (Å²) in [6.45, 7) is 0. The summed E-state index contributed by atoms with van der Waals surface area (Å²) in [7, 11) is 3.49. The van der Waals surface area contributed by atoms with E-state index in [-0.39, 0.29) is 17.6 Å². The van der Waals surface area contributed by atoms with Gasteiger partial charge in [-0.15, -0.1) is 11.8 Å². The smallest absolute Gasteiger partial charge is 0.253 e. The van der Waals surface area contributed by atoms with E-state index in [9.17, 15) is 9.59 Å². The highest BCUT2D eigenvalue weighted by atomic mass is 32.2. The SMILES string of the molecule is CN(C)C(=O)c1ccccc1.CSc1ccc(C(c2ccccc2)c2ccc(CS)[nH]2)[nH]1.O=C(c1ccccc1)c1ccc(CS)[nH]1.SCC1=CC=[C+]N1. The van der Waals surface area contributed by atoms with Crippen LogP contribution in [0.5, 0.6) is 0 Å². The second kappa shape index (κ2) is 22.4. The molecule has 1 amide bonds. The van der Waals surface area contributed by atoms with Gasteiger partial charge in [0.25, 0.3) is 5.91 Å². The standard InChI is InChI=1S/C17H18N2S2.C12H11NOS.C9H11NO.C5H5NS/c1-21-16-10-9-15(19-16)17(12-5-3-2-4-6-12)14-8-7-13(11-20)18-14;14-12(9-4-2-1-3-5-9)11-7-6-10(8-15)13-11;1-10(2)9(11)8-6-4-3-5-7-8;7-4-5-2-1-3-6-5/h2-10,17-20H,11H2,1H3;1-7,13,15H,8H2;3-7H,1-2H3;1-2,6H,4H2/p+1. The Labute approximate surface area is 339 Å². The minimum absolute atomic E-state index is 0.0173. The Hall–Kier alpha value is -4.77. The molecule has 0 radical (unpaired) electrons. The van der Waals surface area contributed by atoms with Crippen LogP contribution in [-0.2, 0) is 11.5 Å². The molecule has 278 valence electrons. The minimum atomic E-state index is 0.0173. The molecule has 54 heavy (non-hydrogen) atoms. The molecule has 3 aromatic carbocycles. The van der Waals surface area contributed by atoms with E-state index in [1.54, 1.807) is 36.8 Å². The predicted octanol–water partition coefficient (Wildman–Crippen LogP) is 9.46. The van der Waals surface area contributed by atoms with Gasteiger partial charge >= 0.3 is 0 Å². The molecule has 1 unspecified atom stereocenters. The van der Waals surface area contributed by atoms with Gasteiger partial charge in [-0.25, -0.2) is 5.32 Å². The van der Waals surface area contributed by atoms with Gasteiger partial charge in [-0.1, -0.05) is 78.9 Å². The lowest BCUT2D eigenvalue weighted by molar-refractivity contribution is 0.0827. The molecule has 4 heterocycles. The number of aromatic nitrogens is 3. The normalized spacial score (nSPS) is 11.6. The molecule has 0 saturated heterocycles. The highest BCUT2D eigenvalue weighted by molar-refractivity contribution is 7.98. The fraction of sp³-hybridized carbons (Fsp3) is 0.163. The van der Waals surface area contributed by atoms with Crippen molar-refractivity contribution in [1.82, 2.24) is 25.2 Å². The van der Waals surface area contributed by atoms with Crippen LogP contribution in [0, 0.1) is 6.20 Å². The molecule has 0 fully saturated rings. The zero-order chi connectivity index (χ0) is 38.7. The van der Waals surface area contributed by atoms with Crippen molar-refractivity contribution in [3.8, 4) is 0 Å². The monoisotopic (exact) mass is 792 g/mol. The second-order valence-corrected chi connectivity index (χ2v) is 13.8. The maximum atomic E-state index is 11.9. The lowest BCUT2D eigenvalue weighted by Crippen LogP contribution is -2.21. The van der Waals surface area contributed by atoms with Gasteiger partial charge in [0, 0.05) is 59.5 Å². The summed E-state index contributed by atoms with van der Waals surface area (Å²) in [6.07, 6.45) is 8.68. The van der Waals surface area contributed by atoms with Crippen molar-refractivity contribution in [2.45, 2.75) is 22.4 Å². The number of hydrogen-bond donors (Lipinski definition) is 7. The topological polar surface area (TPSA) is 96.8 Å². The van der Waals surface area contributed by atoms with E-state index < -0.39 is 0 Å². The first-order chi connectivity index (χ1) is 26.3. The van der Waals surface area contributed by atoms with Gasteiger partial charge in [-0.2, -0.15) is 37.9 Å². The molecule has 3 aromatic heterocycles. The molecular formula is C43H46N5O2S4+. The Morgan fingerprint density at radius 1 is 0.667 bits per heavy atom. The van der Waals surface area contributed by atoms with E-state index in [2.05, 4.69) is 125 Å². The Balaban J connectivity index is 0.000000172. The van der Waals surface area contributed by atoms with Crippen molar-refractivity contribution < 1.29 is 9.59 Å². The van der Waals surface area contributed by atoms with E-state index in [1.165, 1.54) is 22.0 Å². The zero-order valence-electron chi connectivity index (χ0n) is 30.5. The van der Waals surface area contributed by atoms with Gasteiger partial charge in [-0.3, -0.25) is 9.59 Å². The van der Waals surface area contributed by atoms with Crippen molar-refractivity contribution in [1.29, 1.82) is 0 Å². The number of carbonyl (C=O) groups is 2. The van der Waals surface area contributed by atoms with Gasteiger partial charge in [0.2, 0.25) is 5.78 Å².